The van der Waals surface area contributed by atoms with Crippen LogP contribution in [0.1, 0.15) is 45.0 Å². The number of halogens is 1. The number of hydrogen-bond acceptors (Lipinski definition) is 2. The maximum atomic E-state index is 11.5. The second-order valence-electron chi connectivity index (χ2n) is 4.64. The van der Waals surface area contributed by atoms with Crippen LogP contribution >= 0.6 is 15.9 Å². The minimum atomic E-state index is 0.149. The van der Waals surface area contributed by atoms with Crippen LogP contribution in [-0.4, -0.2) is 15.6 Å². The Labute approximate surface area is 112 Å². The van der Waals surface area contributed by atoms with Gasteiger partial charge in [0.1, 0.15) is 5.78 Å². The number of carbonyl (C=O) groups is 1. The van der Waals surface area contributed by atoms with E-state index in [1.807, 2.05) is 25.5 Å². The van der Waals surface area contributed by atoms with E-state index in [2.05, 4.69) is 28.0 Å². The zero-order valence-corrected chi connectivity index (χ0v) is 12.7. The summed E-state index contributed by atoms with van der Waals surface area (Å²) in [4.78, 5) is 11.5. The molecule has 0 aliphatic carbocycles. The zero-order chi connectivity index (χ0) is 13.0. The topological polar surface area (TPSA) is 34.9 Å². The number of hydrogen-bond donors (Lipinski definition) is 0. The minimum Gasteiger partial charge on any atom is -0.299 e. The summed E-state index contributed by atoms with van der Waals surface area (Å²) in [6.07, 6.45) is 2.48. The van der Waals surface area contributed by atoms with Crippen LogP contribution in [0, 0.1) is 12.8 Å². The van der Waals surface area contributed by atoms with Gasteiger partial charge in [0, 0.05) is 18.9 Å². The molecule has 0 unspecified atom stereocenters. The lowest BCUT2D eigenvalue weighted by Gasteiger charge is -2.06. The molecule has 0 fully saturated rings. The zero-order valence-electron chi connectivity index (χ0n) is 11.1. The van der Waals surface area contributed by atoms with Crippen molar-refractivity contribution in [3.05, 3.63) is 15.9 Å². The van der Waals surface area contributed by atoms with Gasteiger partial charge in [0.05, 0.1) is 15.9 Å². The second kappa shape index (κ2) is 6.34. The minimum absolute atomic E-state index is 0.149. The third-order valence-corrected chi connectivity index (χ3v) is 3.97. The molecule has 0 radical (unpaired) electrons. The van der Waals surface area contributed by atoms with E-state index in [0.29, 0.717) is 12.2 Å². The van der Waals surface area contributed by atoms with Gasteiger partial charge < -0.3 is 0 Å². The lowest BCUT2D eigenvalue weighted by atomic mass is 10.0. The molecule has 0 amide bonds. The molecule has 1 aromatic heterocycles. The quantitative estimate of drug-likeness (QED) is 0.805. The van der Waals surface area contributed by atoms with E-state index >= 15 is 0 Å². The van der Waals surface area contributed by atoms with Crippen LogP contribution < -0.4 is 0 Å². The van der Waals surface area contributed by atoms with E-state index in [4.69, 9.17) is 0 Å². The highest BCUT2D eigenvalue weighted by molar-refractivity contribution is 9.10. The van der Waals surface area contributed by atoms with Crippen LogP contribution in [0.5, 0.6) is 0 Å². The number of rotatable bonds is 6. The number of Topliss-reactive ketones (excluding diaryl/α,β-unsaturated/α-hetero) is 1. The molecule has 0 aliphatic rings. The predicted molar refractivity (Wildman–Crippen MR) is 73.1 cm³/mol. The molecule has 4 heteroatoms. The Kier molecular flexibility index (Phi) is 5.37. The van der Waals surface area contributed by atoms with E-state index in [0.717, 1.165) is 29.6 Å². The van der Waals surface area contributed by atoms with Gasteiger partial charge in [0.2, 0.25) is 0 Å². The summed E-state index contributed by atoms with van der Waals surface area (Å²) in [7, 11) is 0. The Bertz CT molecular complexity index is 396. The van der Waals surface area contributed by atoms with Crippen LogP contribution in [0.4, 0.5) is 0 Å². The molecular formula is C13H21BrN2O. The first-order chi connectivity index (χ1) is 7.97. The Morgan fingerprint density at radius 1 is 1.47 bits per heavy atom. The summed E-state index contributed by atoms with van der Waals surface area (Å²) in [6.45, 7) is 8.87. The van der Waals surface area contributed by atoms with Crippen molar-refractivity contribution in [3.8, 4) is 0 Å². The molecule has 0 saturated carbocycles. The molecule has 17 heavy (non-hydrogen) atoms. The largest absolute Gasteiger partial charge is 0.299 e. The number of aromatic nitrogens is 2. The highest BCUT2D eigenvalue weighted by Gasteiger charge is 2.13. The fraction of sp³-hybridized carbons (Fsp3) is 0.692. The molecule has 1 rings (SSSR count). The summed E-state index contributed by atoms with van der Waals surface area (Å²) >= 11 is 3.57. The third kappa shape index (κ3) is 3.66. The highest BCUT2D eigenvalue weighted by Crippen LogP contribution is 2.22. The standard InChI is InChI=1S/C13H21BrN2O/c1-5-16-11(13(14)10(4)15-16)7-6-8-12(17)9(2)3/h9H,5-8H2,1-4H3. The first-order valence-electron chi connectivity index (χ1n) is 6.21. The van der Waals surface area contributed by atoms with Crippen molar-refractivity contribution < 1.29 is 4.79 Å². The summed E-state index contributed by atoms with van der Waals surface area (Å²) in [5, 5.41) is 4.45. The molecule has 96 valence electrons. The molecule has 0 aliphatic heterocycles. The average Bonchev–Trinajstić information content (AvgIpc) is 2.56. The van der Waals surface area contributed by atoms with Gasteiger partial charge in [-0.15, -0.1) is 0 Å². The van der Waals surface area contributed by atoms with Crippen molar-refractivity contribution in [3.63, 3.8) is 0 Å². The monoisotopic (exact) mass is 300 g/mol. The summed E-state index contributed by atoms with van der Waals surface area (Å²) in [6, 6.07) is 0. The van der Waals surface area contributed by atoms with Crippen LogP contribution in [0.15, 0.2) is 4.47 Å². The molecule has 1 heterocycles. The molecule has 0 spiro atoms. The predicted octanol–water partition coefficient (Wildman–Crippen LogP) is 3.52. The molecule has 0 atom stereocenters. The van der Waals surface area contributed by atoms with Gasteiger partial charge in [-0.25, -0.2) is 0 Å². The summed E-state index contributed by atoms with van der Waals surface area (Å²) in [5.74, 6) is 0.497. The van der Waals surface area contributed by atoms with Gasteiger partial charge in [0.15, 0.2) is 0 Å². The van der Waals surface area contributed by atoms with E-state index < -0.39 is 0 Å². The van der Waals surface area contributed by atoms with Gasteiger partial charge in [-0.2, -0.15) is 5.10 Å². The van der Waals surface area contributed by atoms with Crippen molar-refractivity contribution in [2.75, 3.05) is 0 Å². The van der Waals surface area contributed by atoms with Gasteiger partial charge in [-0.3, -0.25) is 9.48 Å². The normalized spacial score (nSPS) is 11.2. The Balaban J connectivity index is 2.60. The lowest BCUT2D eigenvalue weighted by Crippen LogP contribution is -2.08. The molecule has 0 bridgehead atoms. The number of ketones is 1. The second-order valence-corrected chi connectivity index (χ2v) is 5.43. The van der Waals surface area contributed by atoms with E-state index in [1.54, 1.807) is 0 Å². The van der Waals surface area contributed by atoms with Gasteiger partial charge in [-0.05, 0) is 42.6 Å². The number of aryl methyl sites for hydroxylation is 2. The van der Waals surface area contributed by atoms with E-state index in [1.165, 1.54) is 5.69 Å². The van der Waals surface area contributed by atoms with E-state index in [9.17, 15) is 4.79 Å². The Hall–Kier alpha value is -0.640. The van der Waals surface area contributed by atoms with Crippen molar-refractivity contribution >= 4 is 21.7 Å². The van der Waals surface area contributed by atoms with Crippen molar-refractivity contribution in [1.29, 1.82) is 0 Å². The van der Waals surface area contributed by atoms with Crippen LogP contribution in [0.3, 0.4) is 0 Å². The van der Waals surface area contributed by atoms with Crippen LogP contribution in [0.2, 0.25) is 0 Å². The van der Waals surface area contributed by atoms with Crippen LogP contribution in [0.25, 0.3) is 0 Å². The van der Waals surface area contributed by atoms with Crippen LogP contribution in [-0.2, 0) is 17.8 Å². The molecule has 1 aromatic rings. The fourth-order valence-electron chi connectivity index (χ4n) is 1.83. The lowest BCUT2D eigenvalue weighted by molar-refractivity contribution is -0.121. The Morgan fingerprint density at radius 2 is 2.12 bits per heavy atom. The van der Waals surface area contributed by atoms with Gasteiger partial charge in [-0.1, -0.05) is 13.8 Å². The van der Waals surface area contributed by atoms with E-state index in [-0.39, 0.29) is 5.92 Å². The molecular weight excluding hydrogens is 280 g/mol. The smallest absolute Gasteiger partial charge is 0.135 e. The van der Waals surface area contributed by atoms with Gasteiger partial charge in [0.25, 0.3) is 0 Å². The van der Waals surface area contributed by atoms with Crippen molar-refractivity contribution in [2.24, 2.45) is 5.92 Å². The Morgan fingerprint density at radius 3 is 2.65 bits per heavy atom. The van der Waals surface area contributed by atoms with Crippen molar-refractivity contribution in [2.45, 2.75) is 53.5 Å². The third-order valence-electron chi connectivity index (χ3n) is 2.93. The maximum Gasteiger partial charge on any atom is 0.135 e. The summed E-state index contributed by atoms with van der Waals surface area (Å²) in [5.41, 5.74) is 2.23. The maximum absolute atomic E-state index is 11.5. The molecule has 0 aromatic carbocycles. The highest BCUT2D eigenvalue weighted by atomic mass is 79.9. The number of carbonyl (C=O) groups excluding carboxylic acids is 1. The molecule has 0 N–H and O–H groups in total. The SMILES string of the molecule is CCn1nc(C)c(Br)c1CCCC(=O)C(C)C. The summed E-state index contributed by atoms with van der Waals surface area (Å²) < 4.78 is 3.11. The fourth-order valence-corrected chi connectivity index (χ4v) is 2.31. The molecule has 3 nitrogen and oxygen atoms in total. The first-order valence-corrected chi connectivity index (χ1v) is 7.01. The average molecular weight is 301 g/mol. The van der Waals surface area contributed by atoms with Gasteiger partial charge >= 0.3 is 0 Å². The van der Waals surface area contributed by atoms with Crippen molar-refractivity contribution in [1.82, 2.24) is 9.78 Å². The first kappa shape index (κ1) is 14.4. The molecule has 0 saturated heterocycles. The number of nitrogens with zero attached hydrogens (tertiary/aromatic N) is 2.